The topological polar surface area (TPSA) is 79.4 Å². The molecule has 0 saturated heterocycles. The summed E-state index contributed by atoms with van der Waals surface area (Å²) in [7, 11) is -4.06. The molecule has 8 heteroatoms. The van der Waals surface area contributed by atoms with Crippen LogP contribution in [0.4, 0.5) is 11.4 Å². The molecule has 0 radical (unpaired) electrons. The molecule has 0 aliphatic carbocycles. The van der Waals surface area contributed by atoms with Crippen LogP contribution >= 0.6 is 15.9 Å². The molecule has 1 aliphatic rings. The first-order chi connectivity index (χ1) is 13.4. The second kappa shape index (κ2) is 7.18. The first-order valence-electron chi connectivity index (χ1n) is 8.85. The van der Waals surface area contributed by atoms with Crippen molar-refractivity contribution in [2.24, 2.45) is 0 Å². The van der Waals surface area contributed by atoms with E-state index in [1.165, 1.54) is 19.2 Å². The number of carbonyl (C=O) groups is 1. The molecule has 28 heavy (non-hydrogen) atoms. The summed E-state index contributed by atoms with van der Waals surface area (Å²) < 4.78 is 28.2. The number of sulfonamides is 1. The van der Waals surface area contributed by atoms with Crippen molar-refractivity contribution in [3.63, 3.8) is 0 Å². The third-order valence-corrected chi connectivity index (χ3v) is 7.16. The van der Waals surface area contributed by atoms with E-state index in [9.17, 15) is 13.2 Å². The SMILES string of the molecule is CC(=O)N(c1cnc2c(Br)cccc2c1)S(=O)(=O)c1ccc2c(c1)CCCN2. The lowest BCUT2D eigenvalue weighted by atomic mass is 10.0. The maximum absolute atomic E-state index is 13.3. The molecule has 0 fully saturated rings. The van der Waals surface area contributed by atoms with Crippen molar-refractivity contribution < 1.29 is 13.2 Å². The molecule has 6 nitrogen and oxygen atoms in total. The highest BCUT2D eigenvalue weighted by molar-refractivity contribution is 9.10. The predicted molar refractivity (Wildman–Crippen MR) is 113 cm³/mol. The number of carbonyl (C=O) groups excluding carboxylic acids is 1. The number of anilines is 2. The van der Waals surface area contributed by atoms with Crippen LogP contribution < -0.4 is 9.62 Å². The van der Waals surface area contributed by atoms with E-state index in [0.29, 0.717) is 5.52 Å². The fourth-order valence-corrected chi connectivity index (χ4v) is 5.37. The molecule has 0 spiro atoms. The summed E-state index contributed by atoms with van der Waals surface area (Å²) in [5.74, 6) is -0.591. The molecule has 3 aromatic rings. The minimum absolute atomic E-state index is 0.0967. The number of pyridine rings is 1. The molecule has 0 saturated carbocycles. The molecular formula is C20H18BrN3O3S. The van der Waals surface area contributed by atoms with E-state index in [1.54, 1.807) is 18.2 Å². The number of nitrogens with zero attached hydrogens (tertiary/aromatic N) is 2. The maximum Gasteiger partial charge on any atom is 0.270 e. The van der Waals surface area contributed by atoms with Crippen molar-refractivity contribution in [1.29, 1.82) is 0 Å². The van der Waals surface area contributed by atoms with Crippen LogP contribution in [0.15, 0.2) is 58.0 Å². The first kappa shape index (κ1) is 18.9. The number of amides is 1. The predicted octanol–water partition coefficient (Wildman–Crippen LogP) is 4.10. The molecule has 1 aliphatic heterocycles. The summed E-state index contributed by atoms with van der Waals surface area (Å²) in [5.41, 5.74) is 2.80. The number of aryl methyl sites for hydroxylation is 1. The Morgan fingerprint density at radius 1 is 1.21 bits per heavy atom. The van der Waals surface area contributed by atoms with Crippen LogP contribution in [0.1, 0.15) is 18.9 Å². The van der Waals surface area contributed by atoms with Crippen LogP contribution in [0.2, 0.25) is 0 Å². The van der Waals surface area contributed by atoms with Crippen LogP contribution in [0.3, 0.4) is 0 Å². The lowest BCUT2D eigenvalue weighted by molar-refractivity contribution is -0.115. The highest BCUT2D eigenvalue weighted by atomic mass is 79.9. The average Bonchev–Trinajstić information content (AvgIpc) is 2.67. The zero-order valence-corrected chi connectivity index (χ0v) is 17.5. The number of benzene rings is 2. The molecule has 1 N–H and O–H groups in total. The van der Waals surface area contributed by atoms with Gasteiger partial charge >= 0.3 is 0 Å². The lowest BCUT2D eigenvalue weighted by Gasteiger charge is -2.23. The fraction of sp³-hybridized carbons (Fsp3) is 0.200. The molecule has 1 amide bonds. The van der Waals surface area contributed by atoms with E-state index in [2.05, 4.69) is 26.2 Å². The highest BCUT2D eigenvalue weighted by Gasteiger charge is 2.30. The fourth-order valence-electron chi connectivity index (χ4n) is 3.43. The van der Waals surface area contributed by atoms with Gasteiger partial charge in [0, 0.05) is 29.0 Å². The van der Waals surface area contributed by atoms with Crippen LogP contribution in [-0.2, 0) is 21.2 Å². The first-order valence-corrected chi connectivity index (χ1v) is 11.1. The van der Waals surface area contributed by atoms with Gasteiger partial charge in [-0.3, -0.25) is 9.78 Å². The minimum Gasteiger partial charge on any atom is -0.385 e. The Morgan fingerprint density at radius 3 is 2.82 bits per heavy atom. The van der Waals surface area contributed by atoms with E-state index in [1.807, 2.05) is 18.2 Å². The van der Waals surface area contributed by atoms with Crippen LogP contribution in [0.5, 0.6) is 0 Å². The second-order valence-electron chi connectivity index (χ2n) is 6.64. The Hall–Kier alpha value is -2.45. The Labute approximate surface area is 171 Å². The lowest BCUT2D eigenvalue weighted by Crippen LogP contribution is -2.35. The van der Waals surface area contributed by atoms with E-state index < -0.39 is 15.9 Å². The Kier molecular flexibility index (Phi) is 4.84. The zero-order valence-electron chi connectivity index (χ0n) is 15.1. The largest absolute Gasteiger partial charge is 0.385 e. The van der Waals surface area contributed by atoms with Crippen molar-refractivity contribution in [3.05, 3.63) is 58.7 Å². The van der Waals surface area contributed by atoms with Gasteiger partial charge in [-0.1, -0.05) is 12.1 Å². The van der Waals surface area contributed by atoms with Gasteiger partial charge in [0.25, 0.3) is 10.0 Å². The van der Waals surface area contributed by atoms with E-state index in [4.69, 9.17) is 0 Å². The molecule has 0 bridgehead atoms. The van der Waals surface area contributed by atoms with Crippen LogP contribution in [0.25, 0.3) is 10.9 Å². The van der Waals surface area contributed by atoms with Gasteiger partial charge in [-0.2, -0.15) is 0 Å². The molecule has 0 unspecified atom stereocenters. The maximum atomic E-state index is 13.3. The zero-order chi connectivity index (χ0) is 19.9. The number of nitrogens with one attached hydrogen (secondary N) is 1. The Morgan fingerprint density at radius 2 is 2.04 bits per heavy atom. The van der Waals surface area contributed by atoms with Crippen molar-refractivity contribution in [3.8, 4) is 0 Å². The summed E-state index contributed by atoms with van der Waals surface area (Å²) in [4.78, 5) is 16.8. The molecule has 1 aromatic heterocycles. The van der Waals surface area contributed by atoms with E-state index >= 15 is 0 Å². The van der Waals surface area contributed by atoms with Gasteiger partial charge in [0.05, 0.1) is 22.3 Å². The van der Waals surface area contributed by atoms with Crippen molar-refractivity contribution in [2.45, 2.75) is 24.7 Å². The summed E-state index contributed by atoms with van der Waals surface area (Å²) in [6.07, 6.45) is 3.15. The Bertz CT molecular complexity index is 1190. The smallest absolute Gasteiger partial charge is 0.270 e. The third kappa shape index (κ3) is 3.27. The number of fused-ring (bicyclic) bond motifs is 2. The summed E-state index contributed by atoms with van der Waals surface area (Å²) >= 11 is 3.43. The summed E-state index contributed by atoms with van der Waals surface area (Å²) in [6, 6.07) is 12.1. The van der Waals surface area contributed by atoms with Gasteiger partial charge in [0.2, 0.25) is 5.91 Å². The van der Waals surface area contributed by atoms with Crippen LogP contribution in [0, 0.1) is 0 Å². The third-order valence-electron chi connectivity index (χ3n) is 4.72. The number of halogens is 1. The minimum atomic E-state index is -4.06. The van der Waals surface area contributed by atoms with Gasteiger partial charge < -0.3 is 5.32 Å². The van der Waals surface area contributed by atoms with E-state index in [-0.39, 0.29) is 10.6 Å². The second-order valence-corrected chi connectivity index (χ2v) is 9.28. The normalized spacial score (nSPS) is 13.6. The molecular weight excluding hydrogens is 442 g/mol. The van der Waals surface area contributed by atoms with Gasteiger partial charge in [-0.15, -0.1) is 0 Å². The summed E-state index contributed by atoms with van der Waals surface area (Å²) in [5, 5.41) is 4.00. The number of hydrogen-bond donors (Lipinski definition) is 1. The number of hydrogen-bond acceptors (Lipinski definition) is 5. The number of aromatic nitrogens is 1. The van der Waals surface area contributed by atoms with Gasteiger partial charge in [-0.25, -0.2) is 12.7 Å². The van der Waals surface area contributed by atoms with Gasteiger partial charge in [0.15, 0.2) is 0 Å². The monoisotopic (exact) mass is 459 g/mol. The molecule has 4 rings (SSSR count). The Balaban J connectivity index is 1.82. The van der Waals surface area contributed by atoms with Gasteiger partial charge in [-0.05, 0) is 64.7 Å². The molecule has 144 valence electrons. The quantitative estimate of drug-likeness (QED) is 0.637. The standard InChI is InChI=1S/C20H18BrN3O3S/c1-13(25)24(16-10-15-4-2-6-18(21)20(15)23-12-16)28(26,27)17-7-8-19-14(11-17)5-3-9-22-19/h2,4,6-8,10-12,22H,3,5,9H2,1H3. The van der Waals surface area contributed by atoms with Gasteiger partial charge in [0.1, 0.15) is 0 Å². The van der Waals surface area contributed by atoms with E-state index in [0.717, 1.165) is 44.8 Å². The molecule has 2 aromatic carbocycles. The molecule has 2 heterocycles. The van der Waals surface area contributed by atoms with Crippen molar-refractivity contribution in [1.82, 2.24) is 4.98 Å². The summed E-state index contributed by atoms with van der Waals surface area (Å²) in [6.45, 7) is 2.11. The van der Waals surface area contributed by atoms with Crippen LogP contribution in [-0.4, -0.2) is 25.9 Å². The average molecular weight is 460 g/mol. The highest BCUT2D eigenvalue weighted by Crippen LogP contribution is 2.31. The van der Waals surface area contributed by atoms with Crippen molar-refractivity contribution >= 4 is 54.1 Å². The van der Waals surface area contributed by atoms with Crippen molar-refractivity contribution in [2.75, 3.05) is 16.2 Å². The molecule has 0 atom stereocenters. The number of para-hydroxylation sites is 1. The number of rotatable bonds is 3.